The summed E-state index contributed by atoms with van der Waals surface area (Å²) in [6, 6.07) is 7.21. The summed E-state index contributed by atoms with van der Waals surface area (Å²) in [7, 11) is 1.59. The number of ketones is 1. The normalized spacial score (nSPS) is 17.1. The molecule has 0 aliphatic carbocycles. The van der Waals surface area contributed by atoms with E-state index in [2.05, 4.69) is 0 Å². The maximum atomic E-state index is 12.1. The van der Waals surface area contributed by atoms with Gasteiger partial charge in [-0.3, -0.25) is 14.5 Å². The SMILES string of the molecule is CCSC1(SCC)C(=O)C(=O)N1c1ccc(OC)cc1. The second-order valence-electron chi connectivity index (χ2n) is 4.12. The van der Waals surface area contributed by atoms with Gasteiger partial charge in [-0.15, -0.1) is 23.5 Å². The fraction of sp³-hybridized carbons (Fsp3) is 0.429. The van der Waals surface area contributed by atoms with Crippen LogP contribution in [0.1, 0.15) is 13.8 Å². The zero-order chi connectivity index (χ0) is 14.8. The molecule has 1 aromatic carbocycles. The molecule has 0 aromatic heterocycles. The van der Waals surface area contributed by atoms with Gasteiger partial charge >= 0.3 is 5.91 Å². The molecule has 0 atom stereocenters. The van der Waals surface area contributed by atoms with E-state index in [-0.39, 0.29) is 5.78 Å². The minimum absolute atomic E-state index is 0.313. The third-order valence-electron chi connectivity index (χ3n) is 2.99. The van der Waals surface area contributed by atoms with Crippen LogP contribution in [0.4, 0.5) is 5.69 Å². The van der Waals surface area contributed by atoms with Crippen molar-refractivity contribution in [1.29, 1.82) is 0 Å². The first kappa shape index (κ1) is 15.3. The summed E-state index contributed by atoms with van der Waals surface area (Å²) in [5, 5.41) is 0. The van der Waals surface area contributed by atoms with Crippen LogP contribution in [0.3, 0.4) is 0 Å². The van der Waals surface area contributed by atoms with Gasteiger partial charge in [0.25, 0.3) is 5.78 Å². The van der Waals surface area contributed by atoms with E-state index in [1.165, 1.54) is 23.5 Å². The summed E-state index contributed by atoms with van der Waals surface area (Å²) in [5.74, 6) is 1.53. The van der Waals surface area contributed by atoms with Crippen molar-refractivity contribution in [2.75, 3.05) is 23.5 Å². The smallest absolute Gasteiger partial charge is 0.301 e. The van der Waals surface area contributed by atoms with Gasteiger partial charge in [0.1, 0.15) is 5.75 Å². The third kappa shape index (κ3) is 2.31. The summed E-state index contributed by atoms with van der Waals surface area (Å²) < 4.78 is 4.32. The molecule has 1 heterocycles. The topological polar surface area (TPSA) is 46.6 Å². The number of benzene rings is 1. The molecule has 0 radical (unpaired) electrons. The van der Waals surface area contributed by atoms with E-state index < -0.39 is 10.1 Å². The highest BCUT2D eigenvalue weighted by molar-refractivity contribution is 8.20. The van der Waals surface area contributed by atoms with Gasteiger partial charge in [-0.2, -0.15) is 0 Å². The number of β-lactam (4-membered cyclic amide) rings is 1. The van der Waals surface area contributed by atoms with Crippen molar-refractivity contribution in [2.24, 2.45) is 0 Å². The number of carbonyl (C=O) groups excluding carboxylic acids is 2. The van der Waals surface area contributed by atoms with Crippen LogP contribution in [0.15, 0.2) is 24.3 Å². The van der Waals surface area contributed by atoms with Crippen LogP contribution in [0.5, 0.6) is 5.75 Å². The molecule has 2 rings (SSSR count). The first-order chi connectivity index (χ1) is 9.60. The Bertz CT molecular complexity index is 510. The van der Waals surface area contributed by atoms with E-state index in [0.29, 0.717) is 0 Å². The lowest BCUT2D eigenvalue weighted by Crippen LogP contribution is -2.69. The van der Waals surface area contributed by atoms with Gasteiger partial charge in [-0.25, -0.2) is 0 Å². The van der Waals surface area contributed by atoms with E-state index >= 15 is 0 Å². The number of carbonyl (C=O) groups is 2. The largest absolute Gasteiger partial charge is 0.497 e. The fourth-order valence-corrected chi connectivity index (χ4v) is 5.03. The molecule has 1 amide bonds. The molecule has 0 unspecified atom stereocenters. The summed E-state index contributed by atoms with van der Waals surface area (Å²) in [6.07, 6.45) is 0. The van der Waals surface area contributed by atoms with Crippen LogP contribution in [-0.2, 0) is 9.59 Å². The molecule has 0 N–H and O–H groups in total. The van der Waals surface area contributed by atoms with E-state index in [9.17, 15) is 9.59 Å². The molecule has 1 aromatic rings. The summed E-state index contributed by atoms with van der Waals surface area (Å²) >= 11 is 3.00. The van der Waals surface area contributed by atoms with Gasteiger partial charge in [0.15, 0.2) is 0 Å². The number of hydrogen-bond acceptors (Lipinski definition) is 5. The second kappa shape index (κ2) is 6.10. The number of thioether (sulfide) groups is 2. The van der Waals surface area contributed by atoms with Crippen LogP contribution in [0, 0.1) is 0 Å². The minimum atomic E-state index is -0.796. The number of hydrogen-bond donors (Lipinski definition) is 0. The zero-order valence-corrected chi connectivity index (χ0v) is 13.3. The molecular weight excluding hydrogens is 294 g/mol. The maximum absolute atomic E-state index is 12.1. The first-order valence-corrected chi connectivity index (χ1v) is 8.38. The van der Waals surface area contributed by atoms with Crippen LogP contribution in [0.25, 0.3) is 0 Å². The van der Waals surface area contributed by atoms with Crippen molar-refractivity contribution in [3.8, 4) is 5.75 Å². The Balaban J connectivity index is 2.35. The van der Waals surface area contributed by atoms with Crippen molar-refractivity contribution >= 4 is 40.9 Å². The summed E-state index contributed by atoms with van der Waals surface area (Å²) in [5.41, 5.74) is 0.734. The Kier molecular flexibility index (Phi) is 4.65. The predicted molar refractivity (Wildman–Crippen MR) is 84.5 cm³/mol. The minimum Gasteiger partial charge on any atom is -0.497 e. The lowest BCUT2D eigenvalue weighted by atomic mass is 10.1. The molecule has 6 heteroatoms. The number of rotatable bonds is 6. The molecular formula is C14H17NO3S2. The molecule has 108 valence electrons. The lowest BCUT2D eigenvalue weighted by Gasteiger charge is -2.48. The molecule has 1 aliphatic heterocycles. The molecule has 1 saturated heterocycles. The Morgan fingerprint density at radius 3 is 2.10 bits per heavy atom. The van der Waals surface area contributed by atoms with Crippen molar-refractivity contribution in [2.45, 2.75) is 18.1 Å². The second-order valence-corrected chi connectivity index (χ2v) is 7.29. The fourth-order valence-electron chi connectivity index (χ4n) is 2.13. The van der Waals surface area contributed by atoms with Gasteiger partial charge in [-0.05, 0) is 35.8 Å². The maximum Gasteiger partial charge on any atom is 0.301 e. The highest BCUT2D eigenvalue weighted by Gasteiger charge is 2.61. The Morgan fingerprint density at radius 1 is 1.10 bits per heavy atom. The first-order valence-electron chi connectivity index (χ1n) is 6.41. The van der Waals surface area contributed by atoms with Gasteiger partial charge in [0.2, 0.25) is 4.20 Å². The van der Waals surface area contributed by atoms with Crippen LogP contribution >= 0.6 is 23.5 Å². The summed E-state index contributed by atoms with van der Waals surface area (Å²) in [6.45, 7) is 3.98. The number of ether oxygens (including phenoxy) is 1. The molecule has 0 saturated carbocycles. The third-order valence-corrected chi connectivity index (χ3v) is 5.79. The quantitative estimate of drug-likeness (QED) is 0.459. The monoisotopic (exact) mass is 311 g/mol. The Labute approximate surface area is 127 Å². The Hall–Kier alpha value is -1.14. The van der Waals surface area contributed by atoms with E-state index in [1.54, 1.807) is 24.1 Å². The summed E-state index contributed by atoms with van der Waals surface area (Å²) in [4.78, 5) is 25.7. The molecule has 1 aliphatic rings. The predicted octanol–water partition coefficient (Wildman–Crippen LogP) is 2.77. The Morgan fingerprint density at radius 2 is 1.65 bits per heavy atom. The van der Waals surface area contributed by atoms with Crippen LogP contribution in [0.2, 0.25) is 0 Å². The average molecular weight is 311 g/mol. The molecule has 4 nitrogen and oxygen atoms in total. The highest BCUT2D eigenvalue weighted by Crippen LogP contribution is 2.50. The lowest BCUT2D eigenvalue weighted by molar-refractivity contribution is -0.142. The van der Waals surface area contributed by atoms with E-state index in [4.69, 9.17) is 4.74 Å². The molecule has 0 spiro atoms. The zero-order valence-electron chi connectivity index (χ0n) is 11.7. The van der Waals surface area contributed by atoms with E-state index in [0.717, 1.165) is 22.9 Å². The van der Waals surface area contributed by atoms with Gasteiger partial charge in [0.05, 0.1) is 7.11 Å². The number of methoxy groups -OCH3 is 1. The van der Waals surface area contributed by atoms with Gasteiger partial charge in [0, 0.05) is 5.69 Å². The van der Waals surface area contributed by atoms with Crippen molar-refractivity contribution < 1.29 is 14.3 Å². The van der Waals surface area contributed by atoms with Crippen molar-refractivity contribution in [1.82, 2.24) is 0 Å². The molecule has 1 fully saturated rings. The van der Waals surface area contributed by atoms with Crippen LogP contribution in [-0.4, -0.2) is 34.5 Å². The van der Waals surface area contributed by atoms with Crippen molar-refractivity contribution in [3.05, 3.63) is 24.3 Å². The number of Topliss-reactive ketones (excluding diaryl/α,β-unsaturated/α-hetero) is 1. The number of amides is 1. The van der Waals surface area contributed by atoms with E-state index in [1.807, 2.05) is 26.0 Å². The van der Waals surface area contributed by atoms with Crippen LogP contribution < -0.4 is 9.64 Å². The highest BCUT2D eigenvalue weighted by atomic mass is 32.2. The molecule has 0 bridgehead atoms. The number of anilines is 1. The average Bonchev–Trinajstić information content (AvgIpc) is 2.48. The standard InChI is InChI=1S/C14H17NO3S2/c1-4-19-14(20-5-2)12(16)13(17)15(14)10-6-8-11(18-3)9-7-10/h6-9H,4-5H2,1-3H3. The molecule has 20 heavy (non-hydrogen) atoms. The number of nitrogens with zero attached hydrogens (tertiary/aromatic N) is 1. The van der Waals surface area contributed by atoms with Gasteiger partial charge < -0.3 is 4.74 Å². The van der Waals surface area contributed by atoms with Crippen molar-refractivity contribution in [3.63, 3.8) is 0 Å². The van der Waals surface area contributed by atoms with Gasteiger partial charge in [-0.1, -0.05) is 13.8 Å².